The van der Waals surface area contributed by atoms with Gasteiger partial charge in [0, 0.05) is 49.6 Å². The zero-order chi connectivity index (χ0) is 18.4. The summed E-state index contributed by atoms with van der Waals surface area (Å²) in [5.74, 6) is 1.59. The van der Waals surface area contributed by atoms with Gasteiger partial charge < -0.3 is 19.7 Å². The quantitative estimate of drug-likeness (QED) is 0.396. The highest BCUT2D eigenvalue weighted by Crippen LogP contribution is 2.48. The molecule has 1 unspecified atom stereocenters. The van der Waals surface area contributed by atoms with Gasteiger partial charge in [-0.15, -0.1) is 0 Å². The Balaban J connectivity index is 1.48. The van der Waals surface area contributed by atoms with Crippen molar-refractivity contribution in [2.45, 2.75) is 24.7 Å². The third-order valence-electron chi connectivity index (χ3n) is 5.46. The molecule has 1 saturated heterocycles. The maximum absolute atomic E-state index is 5.70. The fraction of sp³-hybridized carbons (Fsp3) is 0.650. The van der Waals surface area contributed by atoms with E-state index in [9.17, 15) is 0 Å². The molecule has 0 aromatic heterocycles. The van der Waals surface area contributed by atoms with Gasteiger partial charge in [0.25, 0.3) is 0 Å². The molecule has 2 aliphatic rings. The van der Waals surface area contributed by atoms with Crippen LogP contribution in [0.1, 0.15) is 24.8 Å². The standard InChI is InChI=1S/C20H30BrN3O2/c1-22-19(24-9-6-16(13-24)14-26-11-10-25-2)23-15-20(7-8-20)17-4-3-5-18(21)12-17/h3-5,12,16H,6-11,13-15H2,1-2H3,(H,22,23). The van der Waals surface area contributed by atoms with Crippen LogP contribution in [0, 0.1) is 5.92 Å². The number of hydrogen-bond donors (Lipinski definition) is 1. The summed E-state index contributed by atoms with van der Waals surface area (Å²) in [6.45, 7) is 5.14. The lowest BCUT2D eigenvalue weighted by molar-refractivity contribution is 0.0536. The van der Waals surface area contributed by atoms with Gasteiger partial charge in [0.15, 0.2) is 5.96 Å². The molecule has 1 heterocycles. The highest BCUT2D eigenvalue weighted by atomic mass is 79.9. The summed E-state index contributed by atoms with van der Waals surface area (Å²) in [4.78, 5) is 6.88. The molecule has 1 aromatic rings. The first kappa shape index (κ1) is 19.6. The number of benzene rings is 1. The van der Waals surface area contributed by atoms with Crippen LogP contribution < -0.4 is 5.32 Å². The Kier molecular flexibility index (Phi) is 6.95. The lowest BCUT2D eigenvalue weighted by Crippen LogP contribution is -2.43. The fourth-order valence-corrected chi connectivity index (χ4v) is 4.07. The summed E-state index contributed by atoms with van der Waals surface area (Å²) in [7, 11) is 3.58. The number of ether oxygens (including phenoxy) is 2. The van der Waals surface area contributed by atoms with Crippen LogP contribution in [0.15, 0.2) is 33.7 Å². The summed E-state index contributed by atoms with van der Waals surface area (Å²) >= 11 is 3.59. The molecule has 0 radical (unpaired) electrons. The van der Waals surface area contributed by atoms with E-state index in [0.29, 0.717) is 19.1 Å². The van der Waals surface area contributed by atoms with E-state index in [0.717, 1.165) is 43.1 Å². The molecule has 0 bridgehead atoms. The molecule has 1 aliphatic carbocycles. The Morgan fingerprint density at radius 1 is 1.38 bits per heavy atom. The maximum atomic E-state index is 5.70. The van der Waals surface area contributed by atoms with Crippen LogP contribution in [-0.2, 0) is 14.9 Å². The monoisotopic (exact) mass is 423 g/mol. The second kappa shape index (κ2) is 9.20. The zero-order valence-electron chi connectivity index (χ0n) is 15.8. The van der Waals surface area contributed by atoms with Gasteiger partial charge in [-0.25, -0.2) is 0 Å². The van der Waals surface area contributed by atoms with Crippen LogP contribution in [0.4, 0.5) is 0 Å². The molecule has 3 rings (SSSR count). The van der Waals surface area contributed by atoms with Crippen LogP contribution in [0.2, 0.25) is 0 Å². The minimum atomic E-state index is 0.266. The average Bonchev–Trinajstić information content (AvgIpc) is 3.30. The van der Waals surface area contributed by atoms with Gasteiger partial charge in [0.1, 0.15) is 0 Å². The number of likely N-dealkylation sites (tertiary alicyclic amines) is 1. The molecule has 6 heteroatoms. The molecule has 0 spiro atoms. The summed E-state index contributed by atoms with van der Waals surface area (Å²) in [5, 5.41) is 3.63. The molecule has 1 N–H and O–H groups in total. The van der Waals surface area contributed by atoms with Gasteiger partial charge in [-0.05, 0) is 37.0 Å². The number of halogens is 1. The van der Waals surface area contributed by atoms with Crippen molar-refractivity contribution in [3.63, 3.8) is 0 Å². The summed E-state index contributed by atoms with van der Waals surface area (Å²) in [5.41, 5.74) is 1.68. The minimum absolute atomic E-state index is 0.266. The predicted molar refractivity (Wildman–Crippen MR) is 109 cm³/mol. The number of guanidine groups is 1. The Morgan fingerprint density at radius 2 is 2.23 bits per heavy atom. The number of aliphatic imine (C=N–C) groups is 1. The van der Waals surface area contributed by atoms with Gasteiger partial charge in [0.05, 0.1) is 19.8 Å². The Morgan fingerprint density at radius 3 is 2.92 bits per heavy atom. The van der Waals surface area contributed by atoms with E-state index in [-0.39, 0.29) is 5.41 Å². The highest BCUT2D eigenvalue weighted by molar-refractivity contribution is 9.10. The molecule has 0 amide bonds. The second-order valence-electron chi connectivity index (χ2n) is 7.36. The van der Waals surface area contributed by atoms with E-state index in [1.54, 1.807) is 7.11 Å². The van der Waals surface area contributed by atoms with Gasteiger partial charge in [-0.3, -0.25) is 4.99 Å². The summed E-state index contributed by atoms with van der Waals surface area (Å²) in [6.07, 6.45) is 3.64. The van der Waals surface area contributed by atoms with Crippen LogP contribution in [-0.4, -0.2) is 64.5 Å². The number of nitrogens with one attached hydrogen (secondary N) is 1. The summed E-state index contributed by atoms with van der Waals surface area (Å²) in [6, 6.07) is 8.71. The second-order valence-corrected chi connectivity index (χ2v) is 8.28. The van der Waals surface area contributed by atoms with Crippen LogP contribution >= 0.6 is 15.9 Å². The Bertz CT molecular complexity index is 619. The fourth-order valence-electron chi connectivity index (χ4n) is 3.67. The van der Waals surface area contributed by atoms with Crippen molar-refractivity contribution in [2.24, 2.45) is 10.9 Å². The molecule has 2 fully saturated rings. The molecular formula is C20H30BrN3O2. The number of nitrogens with zero attached hydrogens (tertiary/aromatic N) is 2. The normalized spacial score (nSPS) is 21.9. The van der Waals surface area contributed by atoms with E-state index < -0.39 is 0 Å². The SMILES string of the molecule is CN=C(NCC1(c2cccc(Br)c2)CC1)N1CCC(COCCOC)C1. The first-order chi connectivity index (χ1) is 12.7. The molecule has 1 saturated carbocycles. The molecule has 26 heavy (non-hydrogen) atoms. The van der Waals surface area contributed by atoms with Crippen molar-refractivity contribution >= 4 is 21.9 Å². The van der Waals surface area contributed by atoms with Crippen molar-refractivity contribution in [3.05, 3.63) is 34.3 Å². The van der Waals surface area contributed by atoms with E-state index >= 15 is 0 Å². The molecular weight excluding hydrogens is 394 g/mol. The van der Waals surface area contributed by atoms with Crippen molar-refractivity contribution in [1.82, 2.24) is 10.2 Å². The highest BCUT2D eigenvalue weighted by Gasteiger charge is 2.44. The van der Waals surface area contributed by atoms with Gasteiger partial charge >= 0.3 is 0 Å². The lowest BCUT2D eigenvalue weighted by atomic mass is 9.96. The molecule has 1 atom stereocenters. The third-order valence-corrected chi connectivity index (χ3v) is 5.95. The van der Waals surface area contributed by atoms with Crippen LogP contribution in [0.3, 0.4) is 0 Å². The third kappa shape index (κ3) is 4.99. The zero-order valence-corrected chi connectivity index (χ0v) is 17.4. The topological polar surface area (TPSA) is 46.1 Å². The van der Waals surface area contributed by atoms with Crippen molar-refractivity contribution in [3.8, 4) is 0 Å². The van der Waals surface area contributed by atoms with E-state index in [1.807, 2.05) is 7.05 Å². The molecule has 1 aromatic carbocycles. The van der Waals surface area contributed by atoms with Gasteiger partial charge in [0.2, 0.25) is 0 Å². The van der Waals surface area contributed by atoms with E-state index in [4.69, 9.17) is 9.47 Å². The van der Waals surface area contributed by atoms with Crippen molar-refractivity contribution in [1.29, 1.82) is 0 Å². The number of methoxy groups -OCH3 is 1. The molecule has 1 aliphatic heterocycles. The number of rotatable bonds is 8. The molecule has 5 nitrogen and oxygen atoms in total. The van der Waals surface area contributed by atoms with E-state index in [2.05, 4.69) is 55.4 Å². The lowest BCUT2D eigenvalue weighted by Gasteiger charge is -2.25. The predicted octanol–water partition coefficient (Wildman–Crippen LogP) is 3.04. The largest absolute Gasteiger partial charge is 0.382 e. The van der Waals surface area contributed by atoms with Crippen LogP contribution in [0.5, 0.6) is 0 Å². The van der Waals surface area contributed by atoms with Crippen molar-refractivity contribution < 1.29 is 9.47 Å². The first-order valence-electron chi connectivity index (χ1n) is 9.45. The summed E-state index contributed by atoms with van der Waals surface area (Å²) < 4.78 is 11.9. The van der Waals surface area contributed by atoms with Gasteiger partial charge in [-0.1, -0.05) is 28.1 Å². The van der Waals surface area contributed by atoms with Gasteiger partial charge in [-0.2, -0.15) is 0 Å². The van der Waals surface area contributed by atoms with Crippen LogP contribution in [0.25, 0.3) is 0 Å². The molecule has 144 valence electrons. The smallest absolute Gasteiger partial charge is 0.193 e. The Hall–Kier alpha value is -1.11. The number of hydrogen-bond acceptors (Lipinski definition) is 3. The maximum Gasteiger partial charge on any atom is 0.193 e. The van der Waals surface area contributed by atoms with Crippen molar-refractivity contribution in [2.75, 3.05) is 53.6 Å². The average molecular weight is 424 g/mol. The minimum Gasteiger partial charge on any atom is -0.382 e. The van der Waals surface area contributed by atoms with E-state index in [1.165, 1.54) is 18.4 Å². The first-order valence-corrected chi connectivity index (χ1v) is 10.2. The Labute approximate surface area is 165 Å².